The van der Waals surface area contributed by atoms with Crippen molar-refractivity contribution in [2.75, 3.05) is 38.6 Å². The summed E-state index contributed by atoms with van der Waals surface area (Å²) in [6.07, 6.45) is 2.99. The Morgan fingerprint density at radius 2 is 1.59 bits per heavy atom. The summed E-state index contributed by atoms with van der Waals surface area (Å²) < 4.78 is 15.9. The van der Waals surface area contributed by atoms with Gasteiger partial charge in [-0.2, -0.15) is 0 Å². The largest absolute Gasteiger partial charge is 0.493 e. The van der Waals surface area contributed by atoms with E-state index in [9.17, 15) is 4.79 Å². The van der Waals surface area contributed by atoms with Crippen LogP contribution in [-0.4, -0.2) is 44.3 Å². The maximum Gasteiger partial charge on any atom is 0.275 e. The van der Waals surface area contributed by atoms with E-state index in [-0.39, 0.29) is 5.69 Å². The fourth-order valence-corrected chi connectivity index (χ4v) is 2.74. The summed E-state index contributed by atoms with van der Waals surface area (Å²) >= 11 is 0. The van der Waals surface area contributed by atoms with Gasteiger partial charge in [0, 0.05) is 30.6 Å². The molecule has 0 aliphatic heterocycles. The van der Waals surface area contributed by atoms with Gasteiger partial charge in [0.1, 0.15) is 5.69 Å². The Morgan fingerprint density at radius 3 is 2.10 bits per heavy atom. The van der Waals surface area contributed by atoms with Gasteiger partial charge in [-0.25, -0.2) is 9.97 Å². The molecule has 1 heterocycles. The van der Waals surface area contributed by atoms with Crippen LogP contribution in [0.4, 0.5) is 17.2 Å². The molecule has 150 valence electrons. The predicted molar refractivity (Wildman–Crippen MR) is 111 cm³/mol. The van der Waals surface area contributed by atoms with Gasteiger partial charge in [0.05, 0.1) is 33.7 Å². The number of nitrogens with one attached hydrogen (secondary N) is 1. The Kier molecular flexibility index (Phi) is 6.13. The smallest absolute Gasteiger partial charge is 0.275 e. The quantitative estimate of drug-likeness (QED) is 0.656. The van der Waals surface area contributed by atoms with E-state index in [4.69, 9.17) is 14.2 Å². The van der Waals surface area contributed by atoms with Crippen molar-refractivity contribution < 1.29 is 19.0 Å². The summed E-state index contributed by atoms with van der Waals surface area (Å²) in [6, 6.07) is 13.0. The van der Waals surface area contributed by atoms with E-state index in [0.717, 1.165) is 5.69 Å². The molecule has 0 aliphatic carbocycles. The van der Waals surface area contributed by atoms with Gasteiger partial charge in [-0.3, -0.25) is 4.79 Å². The van der Waals surface area contributed by atoms with Crippen LogP contribution in [0.3, 0.4) is 0 Å². The number of hydrogen-bond donors (Lipinski definition) is 1. The maximum atomic E-state index is 12.6. The fourth-order valence-electron chi connectivity index (χ4n) is 2.74. The molecule has 0 fully saturated rings. The highest BCUT2D eigenvalue weighted by Gasteiger charge is 2.16. The first kappa shape index (κ1) is 19.9. The van der Waals surface area contributed by atoms with E-state index in [2.05, 4.69) is 15.3 Å². The lowest BCUT2D eigenvalue weighted by Crippen LogP contribution is -2.16. The van der Waals surface area contributed by atoms with Crippen molar-refractivity contribution in [3.05, 3.63) is 60.6 Å². The first-order chi connectivity index (χ1) is 14.1. The minimum absolute atomic E-state index is 0.184. The average molecular weight is 394 g/mol. The van der Waals surface area contributed by atoms with Crippen molar-refractivity contribution in [1.29, 1.82) is 0 Å². The molecule has 1 N–H and O–H groups in total. The Labute approximate surface area is 169 Å². The fraction of sp³-hybridized carbons (Fsp3) is 0.190. The number of methoxy groups -OCH3 is 3. The molecule has 0 atom stereocenters. The van der Waals surface area contributed by atoms with E-state index in [1.807, 2.05) is 42.3 Å². The second kappa shape index (κ2) is 8.92. The molecule has 0 saturated carbocycles. The van der Waals surface area contributed by atoms with Crippen molar-refractivity contribution in [2.24, 2.45) is 0 Å². The van der Waals surface area contributed by atoms with E-state index in [1.54, 1.807) is 18.3 Å². The third kappa shape index (κ3) is 4.37. The zero-order valence-corrected chi connectivity index (χ0v) is 16.7. The molecule has 0 radical (unpaired) electrons. The number of hydrogen-bond acceptors (Lipinski definition) is 7. The summed E-state index contributed by atoms with van der Waals surface area (Å²) in [5, 5.41) is 2.77. The van der Waals surface area contributed by atoms with E-state index < -0.39 is 5.91 Å². The first-order valence-corrected chi connectivity index (χ1v) is 8.79. The van der Waals surface area contributed by atoms with Gasteiger partial charge < -0.3 is 24.4 Å². The van der Waals surface area contributed by atoms with Gasteiger partial charge in [0.15, 0.2) is 17.3 Å². The van der Waals surface area contributed by atoms with Gasteiger partial charge in [0.25, 0.3) is 5.91 Å². The molecule has 0 bridgehead atoms. The highest BCUT2D eigenvalue weighted by molar-refractivity contribution is 6.03. The summed E-state index contributed by atoms with van der Waals surface area (Å²) in [6.45, 7) is 0. The van der Waals surface area contributed by atoms with E-state index >= 15 is 0 Å². The minimum Gasteiger partial charge on any atom is -0.493 e. The van der Waals surface area contributed by atoms with Gasteiger partial charge >= 0.3 is 0 Å². The van der Waals surface area contributed by atoms with Gasteiger partial charge in [-0.1, -0.05) is 18.2 Å². The van der Waals surface area contributed by atoms with Crippen LogP contribution >= 0.6 is 0 Å². The molecule has 3 aromatic rings. The molecule has 29 heavy (non-hydrogen) atoms. The number of para-hydroxylation sites is 1. The van der Waals surface area contributed by atoms with Crippen molar-refractivity contribution in [3.63, 3.8) is 0 Å². The summed E-state index contributed by atoms with van der Waals surface area (Å²) in [4.78, 5) is 23.0. The van der Waals surface area contributed by atoms with Crippen molar-refractivity contribution in [3.8, 4) is 17.2 Å². The van der Waals surface area contributed by atoms with Gasteiger partial charge in [-0.05, 0) is 12.1 Å². The normalized spacial score (nSPS) is 10.2. The monoisotopic (exact) mass is 394 g/mol. The number of anilines is 3. The highest BCUT2D eigenvalue weighted by atomic mass is 16.5. The summed E-state index contributed by atoms with van der Waals surface area (Å²) in [5.41, 5.74) is 1.64. The number of carbonyl (C=O) groups is 1. The van der Waals surface area contributed by atoms with Crippen LogP contribution in [0, 0.1) is 0 Å². The number of ether oxygens (including phenoxy) is 3. The van der Waals surface area contributed by atoms with Crippen molar-refractivity contribution in [1.82, 2.24) is 9.97 Å². The number of aromatic nitrogens is 2. The molecule has 0 unspecified atom stereocenters. The average Bonchev–Trinajstić information content (AvgIpc) is 2.78. The SMILES string of the molecule is COc1cc(NC(=O)c2cnc(N(C)c3ccccc3)cn2)cc(OC)c1OC. The van der Waals surface area contributed by atoms with Crippen LogP contribution in [0.2, 0.25) is 0 Å². The van der Waals surface area contributed by atoms with Crippen LogP contribution < -0.4 is 24.4 Å². The summed E-state index contributed by atoms with van der Waals surface area (Å²) in [5.74, 6) is 1.54. The molecular weight excluding hydrogens is 372 g/mol. The van der Waals surface area contributed by atoms with Crippen LogP contribution in [0.1, 0.15) is 10.5 Å². The van der Waals surface area contributed by atoms with Crippen LogP contribution in [0.25, 0.3) is 0 Å². The number of carbonyl (C=O) groups excluding carboxylic acids is 1. The van der Waals surface area contributed by atoms with E-state index in [0.29, 0.717) is 28.8 Å². The highest BCUT2D eigenvalue weighted by Crippen LogP contribution is 2.40. The Hall–Kier alpha value is -3.81. The molecule has 0 saturated heterocycles. The first-order valence-electron chi connectivity index (χ1n) is 8.79. The van der Waals surface area contributed by atoms with Crippen LogP contribution in [0.5, 0.6) is 17.2 Å². The maximum absolute atomic E-state index is 12.6. The van der Waals surface area contributed by atoms with Crippen LogP contribution in [-0.2, 0) is 0 Å². The lowest BCUT2D eigenvalue weighted by Gasteiger charge is -2.18. The van der Waals surface area contributed by atoms with Crippen molar-refractivity contribution >= 4 is 23.1 Å². The molecule has 1 amide bonds. The second-order valence-electron chi connectivity index (χ2n) is 6.02. The third-order valence-electron chi connectivity index (χ3n) is 4.28. The topological polar surface area (TPSA) is 85.8 Å². The number of amides is 1. The summed E-state index contributed by atoms with van der Waals surface area (Å²) in [7, 11) is 6.42. The molecule has 1 aromatic heterocycles. The Balaban J connectivity index is 1.78. The zero-order chi connectivity index (χ0) is 20.8. The molecule has 8 heteroatoms. The molecule has 2 aromatic carbocycles. The standard InChI is InChI=1S/C21H22N4O4/c1-25(15-8-6-5-7-9-15)19-13-22-16(12-23-19)21(26)24-14-10-17(27-2)20(29-4)18(11-14)28-3/h5-13H,1-4H3,(H,24,26). The molecule has 3 rings (SSSR count). The van der Waals surface area contributed by atoms with Gasteiger partial charge in [-0.15, -0.1) is 0 Å². The lowest BCUT2D eigenvalue weighted by molar-refractivity contribution is 0.102. The number of rotatable bonds is 7. The second-order valence-corrected chi connectivity index (χ2v) is 6.02. The number of benzene rings is 2. The molecule has 0 spiro atoms. The van der Waals surface area contributed by atoms with Gasteiger partial charge in [0.2, 0.25) is 5.75 Å². The number of nitrogens with zero attached hydrogens (tertiary/aromatic N) is 3. The Bertz CT molecular complexity index is 953. The molecular formula is C21H22N4O4. The zero-order valence-electron chi connectivity index (χ0n) is 16.7. The Morgan fingerprint density at radius 1 is 0.931 bits per heavy atom. The minimum atomic E-state index is -0.402. The lowest BCUT2D eigenvalue weighted by atomic mass is 10.2. The van der Waals surface area contributed by atoms with Crippen molar-refractivity contribution in [2.45, 2.75) is 0 Å². The van der Waals surface area contributed by atoms with E-state index in [1.165, 1.54) is 27.5 Å². The third-order valence-corrected chi connectivity index (χ3v) is 4.28. The molecule has 8 nitrogen and oxygen atoms in total. The molecule has 0 aliphatic rings. The van der Waals surface area contributed by atoms with Crippen LogP contribution in [0.15, 0.2) is 54.9 Å². The predicted octanol–water partition coefficient (Wildman–Crippen LogP) is 3.52.